The standard InChI is InChI=1S/C23H23ClN2O4/c1-3-29-22-13-18(14-25-19-6-4-5-16(2)11-19)12-21(24)23(22)30-15-17-7-9-20(10-8-17)26(27)28/h4-13,25H,3,14-15H2,1-2H3. The minimum absolute atomic E-state index is 0.0391. The molecule has 3 aromatic rings. The van der Waals surface area contributed by atoms with Crippen molar-refractivity contribution < 1.29 is 14.4 Å². The van der Waals surface area contributed by atoms with Gasteiger partial charge >= 0.3 is 0 Å². The lowest BCUT2D eigenvalue weighted by atomic mass is 10.1. The molecule has 0 aliphatic rings. The van der Waals surface area contributed by atoms with Crippen molar-refractivity contribution in [2.45, 2.75) is 27.0 Å². The first-order valence-electron chi connectivity index (χ1n) is 9.58. The van der Waals surface area contributed by atoms with Crippen LogP contribution in [-0.4, -0.2) is 11.5 Å². The monoisotopic (exact) mass is 426 g/mol. The minimum Gasteiger partial charge on any atom is -0.490 e. The molecule has 0 saturated carbocycles. The maximum absolute atomic E-state index is 10.8. The highest BCUT2D eigenvalue weighted by Crippen LogP contribution is 2.37. The number of hydrogen-bond donors (Lipinski definition) is 1. The van der Waals surface area contributed by atoms with Crippen molar-refractivity contribution in [3.63, 3.8) is 0 Å². The normalized spacial score (nSPS) is 10.5. The first kappa shape index (κ1) is 21.5. The summed E-state index contributed by atoms with van der Waals surface area (Å²) in [6, 6.07) is 18.1. The maximum atomic E-state index is 10.8. The van der Waals surface area contributed by atoms with Crippen LogP contribution in [0.3, 0.4) is 0 Å². The van der Waals surface area contributed by atoms with Gasteiger partial charge in [-0.1, -0.05) is 23.7 Å². The number of nitrogens with zero attached hydrogens (tertiary/aromatic N) is 1. The number of rotatable bonds is 9. The predicted octanol–water partition coefficient (Wildman–Crippen LogP) is 6.15. The fourth-order valence-corrected chi connectivity index (χ4v) is 3.24. The fourth-order valence-electron chi connectivity index (χ4n) is 2.96. The Bertz CT molecular complexity index is 1020. The van der Waals surface area contributed by atoms with Gasteiger partial charge in [0.1, 0.15) is 6.61 Å². The van der Waals surface area contributed by atoms with Crippen molar-refractivity contribution in [1.29, 1.82) is 0 Å². The molecular weight excluding hydrogens is 404 g/mol. The highest BCUT2D eigenvalue weighted by Gasteiger charge is 2.14. The molecule has 0 saturated heterocycles. The molecular formula is C23H23ClN2O4. The van der Waals surface area contributed by atoms with Gasteiger partial charge in [0.25, 0.3) is 5.69 Å². The van der Waals surface area contributed by atoms with Crippen molar-refractivity contribution in [3.05, 3.63) is 92.5 Å². The molecule has 0 bridgehead atoms. The number of aryl methyl sites for hydroxylation is 1. The molecule has 0 amide bonds. The number of hydrogen-bond acceptors (Lipinski definition) is 5. The summed E-state index contributed by atoms with van der Waals surface area (Å²) in [6.45, 7) is 5.22. The molecule has 0 fully saturated rings. The SMILES string of the molecule is CCOc1cc(CNc2cccc(C)c2)cc(Cl)c1OCc1ccc([N+](=O)[O-])cc1. The highest BCUT2D eigenvalue weighted by molar-refractivity contribution is 6.32. The van der Waals surface area contributed by atoms with E-state index in [1.54, 1.807) is 12.1 Å². The molecule has 7 heteroatoms. The molecule has 0 aliphatic heterocycles. The Kier molecular flexibility index (Phi) is 7.14. The fraction of sp³-hybridized carbons (Fsp3) is 0.217. The van der Waals surface area contributed by atoms with Gasteiger partial charge in [-0.15, -0.1) is 0 Å². The number of non-ortho nitro benzene ring substituents is 1. The smallest absolute Gasteiger partial charge is 0.269 e. The van der Waals surface area contributed by atoms with E-state index in [0.29, 0.717) is 29.7 Å². The summed E-state index contributed by atoms with van der Waals surface area (Å²) in [7, 11) is 0. The van der Waals surface area contributed by atoms with Crippen molar-refractivity contribution in [3.8, 4) is 11.5 Å². The van der Waals surface area contributed by atoms with E-state index in [1.807, 2.05) is 44.2 Å². The van der Waals surface area contributed by atoms with E-state index in [-0.39, 0.29) is 12.3 Å². The summed E-state index contributed by atoms with van der Waals surface area (Å²) in [5.41, 5.74) is 4.01. The molecule has 1 N–H and O–H groups in total. The molecule has 0 spiro atoms. The quantitative estimate of drug-likeness (QED) is 0.328. The second-order valence-corrected chi connectivity index (χ2v) is 7.18. The van der Waals surface area contributed by atoms with E-state index in [4.69, 9.17) is 21.1 Å². The van der Waals surface area contributed by atoms with Crippen molar-refractivity contribution in [2.75, 3.05) is 11.9 Å². The highest BCUT2D eigenvalue weighted by atomic mass is 35.5. The number of nitro groups is 1. The summed E-state index contributed by atoms with van der Waals surface area (Å²) in [4.78, 5) is 10.3. The Balaban J connectivity index is 1.73. The molecule has 0 heterocycles. The average Bonchev–Trinajstić information content (AvgIpc) is 2.72. The van der Waals surface area contributed by atoms with Crippen LogP contribution < -0.4 is 14.8 Å². The van der Waals surface area contributed by atoms with E-state index >= 15 is 0 Å². The van der Waals surface area contributed by atoms with Crippen LogP contribution in [0, 0.1) is 17.0 Å². The van der Waals surface area contributed by atoms with E-state index in [0.717, 1.165) is 16.8 Å². The van der Waals surface area contributed by atoms with Gasteiger partial charge in [-0.2, -0.15) is 0 Å². The first-order valence-corrected chi connectivity index (χ1v) is 9.96. The predicted molar refractivity (Wildman–Crippen MR) is 119 cm³/mol. The lowest BCUT2D eigenvalue weighted by Gasteiger charge is -2.16. The molecule has 0 aliphatic carbocycles. The summed E-state index contributed by atoms with van der Waals surface area (Å²) < 4.78 is 11.6. The molecule has 0 aromatic heterocycles. The summed E-state index contributed by atoms with van der Waals surface area (Å²) in [5, 5.41) is 14.6. The van der Waals surface area contributed by atoms with Crippen LogP contribution >= 0.6 is 11.6 Å². The zero-order valence-electron chi connectivity index (χ0n) is 16.9. The van der Waals surface area contributed by atoms with Crippen LogP contribution in [0.1, 0.15) is 23.6 Å². The Hall–Kier alpha value is -3.25. The van der Waals surface area contributed by atoms with Gasteiger partial charge in [0.05, 0.1) is 16.6 Å². The Morgan fingerprint density at radius 1 is 1.03 bits per heavy atom. The topological polar surface area (TPSA) is 73.6 Å². The maximum Gasteiger partial charge on any atom is 0.269 e. The number of halogens is 1. The molecule has 156 valence electrons. The molecule has 6 nitrogen and oxygen atoms in total. The van der Waals surface area contributed by atoms with Crippen LogP contribution in [0.25, 0.3) is 0 Å². The van der Waals surface area contributed by atoms with Gasteiger partial charge in [0, 0.05) is 24.4 Å². The summed E-state index contributed by atoms with van der Waals surface area (Å²) >= 11 is 6.49. The van der Waals surface area contributed by atoms with Gasteiger partial charge in [-0.25, -0.2) is 0 Å². The third kappa shape index (κ3) is 5.64. The van der Waals surface area contributed by atoms with Gasteiger partial charge in [0.15, 0.2) is 11.5 Å². The van der Waals surface area contributed by atoms with Gasteiger partial charge < -0.3 is 14.8 Å². The third-order valence-electron chi connectivity index (χ3n) is 4.41. The largest absolute Gasteiger partial charge is 0.490 e. The first-order chi connectivity index (χ1) is 14.5. The Morgan fingerprint density at radius 2 is 1.80 bits per heavy atom. The molecule has 0 atom stereocenters. The number of nitrogens with one attached hydrogen (secondary N) is 1. The van der Waals surface area contributed by atoms with Gasteiger partial charge in [-0.05, 0) is 66.9 Å². The van der Waals surface area contributed by atoms with Crippen molar-refractivity contribution >= 4 is 23.0 Å². The second kappa shape index (κ2) is 9.98. The Morgan fingerprint density at radius 3 is 2.47 bits per heavy atom. The van der Waals surface area contributed by atoms with Gasteiger partial charge in [0.2, 0.25) is 0 Å². The lowest BCUT2D eigenvalue weighted by molar-refractivity contribution is -0.384. The number of benzene rings is 3. The zero-order chi connectivity index (χ0) is 21.5. The second-order valence-electron chi connectivity index (χ2n) is 6.77. The molecule has 0 unspecified atom stereocenters. The van der Waals surface area contributed by atoms with Gasteiger partial charge in [-0.3, -0.25) is 10.1 Å². The van der Waals surface area contributed by atoms with Crippen LogP contribution in [0.5, 0.6) is 11.5 Å². The summed E-state index contributed by atoms with van der Waals surface area (Å²) in [6.07, 6.45) is 0. The molecule has 30 heavy (non-hydrogen) atoms. The minimum atomic E-state index is -0.432. The molecule has 3 rings (SSSR count). The van der Waals surface area contributed by atoms with Crippen molar-refractivity contribution in [2.24, 2.45) is 0 Å². The molecule has 0 radical (unpaired) electrons. The third-order valence-corrected chi connectivity index (χ3v) is 4.69. The number of ether oxygens (including phenoxy) is 2. The Labute approximate surface area is 180 Å². The van der Waals surface area contributed by atoms with Crippen LogP contribution in [0.15, 0.2) is 60.7 Å². The summed E-state index contributed by atoms with van der Waals surface area (Å²) in [5.74, 6) is 1.02. The van der Waals surface area contributed by atoms with Crippen LogP contribution in [0.2, 0.25) is 5.02 Å². The van der Waals surface area contributed by atoms with E-state index in [9.17, 15) is 10.1 Å². The van der Waals surface area contributed by atoms with Crippen molar-refractivity contribution in [1.82, 2.24) is 0 Å². The van der Waals surface area contributed by atoms with E-state index in [1.165, 1.54) is 17.7 Å². The van der Waals surface area contributed by atoms with E-state index < -0.39 is 4.92 Å². The van der Waals surface area contributed by atoms with Crippen LogP contribution in [0.4, 0.5) is 11.4 Å². The van der Waals surface area contributed by atoms with Crippen LogP contribution in [-0.2, 0) is 13.2 Å². The average molecular weight is 427 g/mol. The van der Waals surface area contributed by atoms with E-state index in [2.05, 4.69) is 11.4 Å². The molecule has 3 aromatic carbocycles. The number of nitro benzene ring substituents is 1. The lowest BCUT2D eigenvalue weighted by Crippen LogP contribution is -2.04. The zero-order valence-corrected chi connectivity index (χ0v) is 17.6. The number of anilines is 1.